The second-order valence-corrected chi connectivity index (χ2v) is 8.49. The molecule has 5 nitrogen and oxygen atoms in total. The summed E-state index contributed by atoms with van der Waals surface area (Å²) in [5.74, 6) is 1.01. The van der Waals surface area contributed by atoms with Gasteiger partial charge < -0.3 is 15.0 Å². The molecule has 0 aromatic heterocycles. The fraction of sp³-hybridized carbons (Fsp3) is 0.591. The van der Waals surface area contributed by atoms with Crippen molar-refractivity contribution in [2.24, 2.45) is 4.99 Å². The lowest BCUT2D eigenvalue weighted by Gasteiger charge is -2.39. The number of benzene rings is 1. The number of nitrogens with one attached hydrogen (secondary N) is 1. The van der Waals surface area contributed by atoms with Crippen molar-refractivity contribution in [2.75, 3.05) is 53.0 Å². The quantitative estimate of drug-likeness (QED) is 0.280. The zero-order chi connectivity index (χ0) is 19.4. The average molecular weight is 531 g/mol. The van der Waals surface area contributed by atoms with E-state index in [0.717, 1.165) is 69.8 Å². The van der Waals surface area contributed by atoms with Gasteiger partial charge in [0.05, 0.1) is 0 Å². The van der Waals surface area contributed by atoms with Crippen LogP contribution in [0, 0.1) is 0 Å². The number of aliphatic imine (C=N–C) groups is 1. The molecule has 3 aliphatic heterocycles. The second kappa shape index (κ2) is 10.5. The van der Waals surface area contributed by atoms with E-state index in [1.807, 2.05) is 19.2 Å². The molecule has 160 valence electrons. The predicted octanol–water partition coefficient (Wildman–Crippen LogP) is 3.53. The zero-order valence-electron chi connectivity index (χ0n) is 17.1. The summed E-state index contributed by atoms with van der Waals surface area (Å²) in [5.41, 5.74) is 1.22. The third-order valence-corrected chi connectivity index (χ3v) is 6.85. The van der Waals surface area contributed by atoms with Crippen LogP contribution in [0.2, 0.25) is 5.02 Å². The summed E-state index contributed by atoms with van der Waals surface area (Å²) in [6, 6.07) is 8.88. The van der Waals surface area contributed by atoms with Crippen LogP contribution in [0.4, 0.5) is 0 Å². The van der Waals surface area contributed by atoms with Gasteiger partial charge in [0.25, 0.3) is 0 Å². The number of ether oxygens (including phenoxy) is 1. The monoisotopic (exact) mass is 530 g/mol. The topological polar surface area (TPSA) is 40.1 Å². The van der Waals surface area contributed by atoms with Crippen molar-refractivity contribution in [3.05, 3.63) is 47.0 Å². The molecule has 0 bridgehead atoms. The molecule has 29 heavy (non-hydrogen) atoms. The van der Waals surface area contributed by atoms with Crippen molar-refractivity contribution in [3.8, 4) is 0 Å². The number of halogens is 2. The van der Waals surface area contributed by atoms with Gasteiger partial charge in [0.2, 0.25) is 0 Å². The van der Waals surface area contributed by atoms with Crippen LogP contribution in [-0.4, -0.2) is 74.8 Å². The van der Waals surface area contributed by atoms with Gasteiger partial charge in [-0.2, -0.15) is 0 Å². The van der Waals surface area contributed by atoms with Crippen molar-refractivity contribution in [2.45, 2.75) is 30.7 Å². The average Bonchev–Trinajstić information content (AvgIpc) is 3.42. The first-order valence-corrected chi connectivity index (χ1v) is 10.8. The van der Waals surface area contributed by atoms with Gasteiger partial charge in [-0.3, -0.25) is 9.89 Å². The van der Waals surface area contributed by atoms with Crippen LogP contribution in [0.25, 0.3) is 0 Å². The molecule has 1 aromatic rings. The van der Waals surface area contributed by atoms with Gasteiger partial charge in [0.1, 0.15) is 0 Å². The smallest absolute Gasteiger partial charge is 0.193 e. The Morgan fingerprint density at radius 3 is 2.66 bits per heavy atom. The highest BCUT2D eigenvalue weighted by Crippen LogP contribution is 2.38. The van der Waals surface area contributed by atoms with Crippen LogP contribution >= 0.6 is 35.6 Å². The molecule has 3 aliphatic rings. The Labute approximate surface area is 196 Å². The first kappa shape index (κ1) is 22.8. The van der Waals surface area contributed by atoms with Gasteiger partial charge in [-0.15, -0.1) is 24.0 Å². The Bertz CT molecular complexity index is 727. The number of hydrogen-bond acceptors (Lipinski definition) is 3. The van der Waals surface area contributed by atoms with Crippen LogP contribution in [0.15, 0.2) is 41.4 Å². The van der Waals surface area contributed by atoms with E-state index in [4.69, 9.17) is 16.3 Å². The molecule has 0 aliphatic carbocycles. The third kappa shape index (κ3) is 5.09. The molecule has 0 saturated carbocycles. The van der Waals surface area contributed by atoms with Crippen LogP contribution in [-0.2, 0) is 10.2 Å². The summed E-state index contributed by atoms with van der Waals surface area (Å²) in [5, 5.41) is 4.54. The molecule has 1 atom stereocenters. The molecule has 0 amide bonds. The molecule has 7 heteroatoms. The summed E-state index contributed by atoms with van der Waals surface area (Å²) < 4.78 is 5.67. The predicted molar refractivity (Wildman–Crippen MR) is 131 cm³/mol. The van der Waals surface area contributed by atoms with Crippen LogP contribution in [0.1, 0.15) is 24.8 Å². The SMILES string of the molecule is CN=C(NCC1(c2ccccc2Cl)CCOCC1)N1CCC(N2CC=CC2)C1.I. The molecule has 2 saturated heterocycles. The minimum Gasteiger partial charge on any atom is -0.381 e. The maximum absolute atomic E-state index is 6.59. The fourth-order valence-electron chi connectivity index (χ4n) is 4.80. The molecular formula is C22H32ClIN4O. The van der Waals surface area contributed by atoms with Crippen molar-refractivity contribution < 1.29 is 4.74 Å². The van der Waals surface area contributed by atoms with Crippen molar-refractivity contribution >= 4 is 41.5 Å². The Hall–Kier alpha value is -0.830. The highest BCUT2D eigenvalue weighted by atomic mass is 127. The van der Waals surface area contributed by atoms with E-state index in [9.17, 15) is 0 Å². The second-order valence-electron chi connectivity index (χ2n) is 8.09. The third-order valence-electron chi connectivity index (χ3n) is 6.52. The summed E-state index contributed by atoms with van der Waals surface area (Å²) in [4.78, 5) is 9.55. The Morgan fingerprint density at radius 1 is 1.24 bits per heavy atom. The molecule has 2 fully saturated rings. The summed E-state index contributed by atoms with van der Waals surface area (Å²) >= 11 is 6.59. The van der Waals surface area contributed by atoms with Gasteiger partial charge in [0, 0.05) is 69.5 Å². The molecule has 0 radical (unpaired) electrons. The van der Waals surface area contributed by atoms with Crippen LogP contribution < -0.4 is 5.32 Å². The van der Waals surface area contributed by atoms with E-state index in [-0.39, 0.29) is 29.4 Å². The maximum atomic E-state index is 6.59. The molecule has 1 N–H and O–H groups in total. The molecule has 3 heterocycles. The normalized spacial score (nSPS) is 24.6. The Morgan fingerprint density at radius 2 is 1.97 bits per heavy atom. The van der Waals surface area contributed by atoms with Gasteiger partial charge in [-0.05, 0) is 30.9 Å². The lowest BCUT2D eigenvalue weighted by Crippen LogP contribution is -2.49. The minimum absolute atomic E-state index is 0. The van der Waals surface area contributed by atoms with E-state index in [1.165, 1.54) is 12.0 Å². The van der Waals surface area contributed by atoms with Crippen LogP contribution in [0.5, 0.6) is 0 Å². The van der Waals surface area contributed by atoms with Gasteiger partial charge in [-0.25, -0.2) is 0 Å². The van der Waals surface area contributed by atoms with E-state index >= 15 is 0 Å². The summed E-state index contributed by atoms with van der Waals surface area (Å²) in [6.07, 6.45) is 7.69. The molecule has 4 rings (SSSR count). The summed E-state index contributed by atoms with van der Waals surface area (Å²) in [6.45, 7) is 6.66. The summed E-state index contributed by atoms with van der Waals surface area (Å²) in [7, 11) is 1.89. The molecule has 0 spiro atoms. The minimum atomic E-state index is -0.00939. The van der Waals surface area contributed by atoms with E-state index in [1.54, 1.807) is 0 Å². The first-order valence-electron chi connectivity index (χ1n) is 10.4. The van der Waals surface area contributed by atoms with E-state index in [0.29, 0.717) is 6.04 Å². The zero-order valence-corrected chi connectivity index (χ0v) is 20.2. The fourth-order valence-corrected chi connectivity index (χ4v) is 5.14. The van der Waals surface area contributed by atoms with Crippen molar-refractivity contribution in [1.29, 1.82) is 0 Å². The largest absolute Gasteiger partial charge is 0.381 e. The standard InChI is InChI=1S/C22H31ClN4O.HI/c1-24-21(27-13-8-18(16-27)26-11-4-5-12-26)25-17-22(9-14-28-15-10-22)19-6-2-3-7-20(19)23;/h2-7,18H,8-17H2,1H3,(H,24,25);1H. The van der Waals surface area contributed by atoms with Gasteiger partial charge in [-0.1, -0.05) is 42.0 Å². The highest BCUT2D eigenvalue weighted by Gasteiger charge is 2.37. The number of guanidine groups is 1. The van der Waals surface area contributed by atoms with Gasteiger partial charge >= 0.3 is 0 Å². The Balaban J connectivity index is 0.00000240. The molecule has 1 aromatic carbocycles. The maximum Gasteiger partial charge on any atom is 0.193 e. The van der Waals surface area contributed by atoms with E-state index in [2.05, 4.69) is 44.4 Å². The van der Waals surface area contributed by atoms with E-state index < -0.39 is 0 Å². The van der Waals surface area contributed by atoms with Crippen LogP contribution in [0.3, 0.4) is 0 Å². The lowest BCUT2D eigenvalue weighted by molar-refractivity contribution is 0.0512. The number of hydrogen-bond donors (Lipinski definition) is 1. The number of rotatable bonds is 4. The Kier molecular flexibility index (Phi) is 8.24. The molecule has 1 unspecified atom stereocenters. The number of nitrogens with zero attached hydrogens (tertiary/aromatic N) is 3. The lowest BCUT2D eigenvalue weighted by atomic mass is 9.74. The molecular weight excluding hydrogens is 499 g/mol. The van der Waals surface area contributed by atoms with Crippen molar-refractivity contribution in [3.63, 3.8) is 0 Å². The van der Waals surface area contributed by atoms with Crippen molar-refractivity contribution in [1.82, 2.24) is 15.1 Å². The number of likely N-dealkylation sites (tertiary alicyclic amines) is 1. The highest BCUT2D eigenvalue weighted by molar-refractivity contribution is 14.0. The first-order chi connectivity index (χ1) is 13.7. The van der Waals surface area contributed by atoms with Gasteiger partial charge in [0.15, 0.2) is 5.96 Å².